The minimum absolute atomic E-state index is 0.331. The molecule has 1 aliphatic rings. The van der Waals surface area contributed by atoms with Gasteiger partial charge in [-0.25, -0.2) is 0 Å². The van der Waals surface area contributed by atoms with Crippen LogP contribution in [0.4, 0.5) is 0 Å². The van der Waals surface area contributed by atoms with Crippen molar-refractivity contribution in [1.82, 2.24) is 5.32 Å². The molecule has 2 N–H and O–H groups in total. The highest BCUT2D eigenvalue weighted by Gasteiger charge is 2.26. The molecule has 0 amide bonds. The van der Waals surface area contributed by atoms with E-state index in [1.54, 1.807) is 7.11 Å². The first-order chi connectivity index (χ1) is 10.7. The van der Waals surface area contributed by atoms with Gasteiger partial charge in [-0.05, 0) is 41.1 Å². The Balaban J connectivity index is 1.65. The van der Waals surface area contributed by atoms with Gasteiger partial charge in [-0.15, -0.1) is 23.1 Å². The molecule has 0 fully saturated rings. The van der Waals surface area contributed by atoms with Gasteiger partial charge >= 0.3 is 0 Å². The average molecular weight is 335 g/mol. The van der Waals surface area contributed by atoms with Gasteiger partial charge in [0.15, 0.2) is 0 Å². The monoisotopic (exact) mass is 335 g/mol. The van der Waals surface area contributed by atoms with Crippen molar-refractivity contribution in [3.8, 4) is 5.75 Å². The summed E-state index contributed by atoms with van der Waals surface area (Å²) in [6.07, 6.45) is 0.571. The molecule has 1 aliphatic heterocycles. The zero-order valence-corrected chi connectivity index (χ0v) is 14.4. The summed E-state index contributed by atoms with van der Waals surface area (Å²) in [5.74, 6) is 0.777. The second kappa shape index (κ2) is 7.04. The number of thiophene rings is 1. The number of fused-ring (bicyclic) bond motifs is 1. The van der Waals surface area contributed by atoms with Crippen molar-refractivity contribution in [3.63, 3.8) is 0 Å². The molecule has 3 nitrogen and oxygen atoms in total. The maximum Gasteiger partial charge on any atom is 0.119 e. The Labute approximate surface area is 139 Å². The fraction of sp³-hybridized carbons (Fsp3) is 0.412. The molecule has 0 bridgehead atoms. The van der Waals surface area contributed by atoms with E-state index in [1.807, 2.05) is 47.4 Å². The molecule has 2 unspecified atom stereocenters. The van der Waals surface area contributed by atoms with E-state index in [4.69, 9.17) is 4.74 Å². The average Bonchev–Trinajstić information content (AvgIpc) is 3.00. The standard InChI is InChI=1S/C17H21NO2S2/c1-11-8-15(14-6-7-21-17(14)22-11)18-10-16(19)12-4-3-5-13(9-12)20-2/h3-7,9,11,15-16,18-19H,8,10H2,1-2H3/t11-,15?,16?/m0/s1. The highest BCUT2D eigenvalue weighted by molar-refractivity contribution is 8.01. The van der Waals surface area contributed by atoms with Gasteiger partial charge in [-0.3, -0.25) is 0 Å². The van der Waals surface area contributed by atoms with Gasteiger partial charge in [0.05, 0.1) is 17.4 Å². The van der Waals surface area contributed by atoms with Gasteiger partial charge in [0.25, 0.3) is 0 Å². The van der Waals surface area contributed by atoms with Crippen LogP contribution in [-0.2, 0) is 0 Å². The summed E-state index contributed by atoms with van der Waals surface area (Å²) in [6, 6.07) is 10.2. The van der Waals surface area contributed by atoms with Crippen LogP contribution in [0.2, 0.25) is 0 Å². The van der Waals surface area contributed by atoms with E-state index >= 15 is 0 Å². The molecule has 2 aromatic rings. The Morgan fingerprint density at radius 2 is 2.27 bits per heavy atom. The van der Waals surface area contributed by atoms with Gasteiger partial charge in [0.1, 0.15) is 5.75 Å². The molecule has 2 heterocycles. The van der Waals surface area contributed by atoms with Crippen LogP contribution in [0.1, 0.15) is 36.6 Å². The maximum absolute atomic E-state index is 10.4. The Hall–Kier alpha value is -1.01. The minimum atomic E-state index is -0.526. The third kappa shape index (κ3) is 3.49. The van der Waals surface area contributed by atoms with Crippen LogP contribution in [0.5, 0.6) is 5.75 Å². The largest absolute Gasteiger partial charge is 0.497 e. The first kappa shape index (κ1) is 15.9. The fourth-order valence-electron chi connectivity index (χ4n) is 2.76. The molecule has 0 aliphatic carbocycles. The van der Waals surface area contributed by atoms with Gasteiger partial charge in [-0.2, -0.15) is 0 Å². The summed E-state index contributed by atoms with van der Waals surface area (Å²) < 4.78 is 6.63. The normalized spacial score (nSPS) is 22.1. The molecule has 3 rings (SSSR count). The van der Waals surface area contributed by atoms with Crippen LogP contribution in [0.15, 0.2) is 39.9 Å². The molecule has 0 saturated heterocycles. The number of aliphatic hydroxyl groups is 1. The molecule has 5 heteroatoms. The molecule has 0 spiro atoms. The molecule has 0 saturated carbocycles. The third-order valence-corrected chi connectivity index (χ3v) is 6.29. The summed E-state index contributed by atoms with van der Waals surface area (Å²) in [7, 11) is 1.64. The lowest BCUT2D eigenvalue weighted by atomic mass is 10.0. The molecular weight excluding hydrogens is 314 g/mol. The van der Waals surface area contributed by atoms with Crippen LogP contribution >= 0.6 is 23.1 Å². The summed E-state index contributed by atoms with van der Waals surface area (Å²) in [5.41, 5.74) is 2.27. The highest BCUT2D eigenvalue weighted by atomic mass is 32.2. The number of aliphatic hydroxyl groups excluding tert-OH is 1. The Morgan fingerprint density at radius 1 is 1.41 bits per heavy atom. The Kier molecular flexibility index (Phi) is 5.08. The van der Waals surface area contributed by atoms with Crippen molar-refractivity contribution in [3.05, 3.63) is 46.8 Å². The number of thioether (sulfide) groups is 1. The lowest BCUT2D eigenvalue weighted by molar-refractivity contribution is 0.168. The topological polar surface area (TPSA) is 41.5 Å². The number of ether oxygens (including phenoxy) is 1. The summed E-state index contributed by atoms with van der Waals surface area (Å²) in [6.45, 7) is 2.81. The van der Waals surface area contributed by atoms with Crippen LogP contribution in [-0.4, -0.2) is 24.0 Å². The summed E-state index contributed by atoms with van der Waals surface area (Å²) >= 11 is 3.77. The Morgan fingerprint density at radius 3 is 3.09 bits per heavy atom. The predicted octanol–water partition coefficient (Wildman–Crippen LogP) is 4.01. The van der Waals surface area contributed by atoms with Crippen LogP contribution in [0.3, 0.4) is 0 Å². The zero-order chi connectivity index (χ0) is 15.5. The SMILES string of the molecule is COc1cccc(C(O)CNC2C[C@H](C)Sc3sccc32)c1. The minimum Gasteiger partial charge on any atom is -0.497 e. The number of hydrogen-bond donors (Lipinski definition) is 2. The van der Waals surface area contributed by atoms with Crippen molar-refractivity contribution < 1.29 is 9.84 Å². The maximum atomic E-state index is 10.4. The van der Waals surface area contributed by atoms with Crippen LogP contribution in [0, 0.1) is 0 Å². The number of methoxy groups -OCH3 is 1. The van der Waals surface area contributed by atoms with E-state index in [2.05, 4.69) is 23.7 Å². The molecule has 1 aromatic heterocycles. The van der Waals surface area contributed by atoms with Crippen molar-refractivity contribution in [2.24, 2.45) is 0 Å². The second-order valence-electron chi connectivity index (χ2n) is 5.58. The second-order valence-corrected chi connectivity index (χ2v) is 8.20. The molecule has 3 atom stereocenters. The van der Waals surface area contributed by atoms with Crippen molar-refractivity contribution in [2.75, 3.05) is 13.7 Å². The zero-order valence-electron chi connectivity index (χ0n) is 12.8. The highest BCUT2D eigenvalue weighted by Crippen LogP contribution is 2.43. The number of benzene rings is 1. The number of rotatable bonds is 5. The molecule has 0 radical (unpaired) electrons. The number of nitrogens with one attached hydrogen (secondary N) is 1. The molecule has 22 heavy (non-hydrogen) atoms. The van der Waals surface area contributed by atoms with Gasteiger partial charge < -0.3 is 15.2 Å². The quantitative estimate of drug-likeness (QED) is 0.866. The van der Waals surface area contributed by atoms with E-state index in [9.17, 15) is 5.11 Å². The first-order valence-corrected chi connectivity index (χ1v) is 9.22. The van der Waals surface area contributed by atoms with Crippen LogP contribution in [0.25, 0.3) is 0 Å². The molecule has 1 aromatic carbocycles. The Bertz CT molecular complexity index is 629. The smallest absolute Gasteiger partial charge is 0.119 e. The van der Waals surface area contributed by atoms with E-state index in [-0.39, 0.29) is 0 Å². The van der Waals surface area contributed by atoms with E-state index in [0.29, 0.717) is 17.8 Å². The van der Waals surface area contributed by atoms with Gasteiger partial charge in [0, 0.05) is 17.8 Å². The summed E-state index contributed by atoms with van der Waals surface area (Å²) in [5, 5.41) is 16.7. The van der Waals surface area contributed by atoms with Crippen molar-refractivity contribution in [1.29, 1.82) is 0 Å². The first-order valence-electron chi connectivity index (χ1n) is 7.47. The van der Waals surface area contributed by atoms with E-state index in [1.165, 1.54) is 9.77 Å². The van der Waals surface area contributed by atoms with Crippen molar-refractivity contribution in [2.45, 2.75) is 34.9 Å². The lowest BCUT2D eigenvalue weighted by Gasteiger charge is -2.28. The number of hydrogen-bond acceptors (Lipinski definition) is 5. The van der Waals surface area contributed by atoms with Gasteiger partial charge in [-0.1, -0.05) is 19.1 Å². The molecule has 118 valence electrons. The molecular formula is C17H21NO2S2. The lowest BCUT2D eigenvalue weighted by Crippen LogP contribution is -2.30. The van der Waals surface area contributed by atoms with E-state index in [0.717, 1.165) is 17.7 Å². The third-order valence-electron chi connectivity index (χ3n) is 3.95. The van der Waals surface area contributed by atoms with Gasteiger partial charge in [0.2, 0.25) is 0 Å². The van der Waals surface area contributed by atoms with Crippen molar-refractivity contribution >= 4 is 23.1 Å². The van der Waals surface area contributed by atoms with Crippen LogP contribution < -0.4 is 10.1 Å². The summed E-state index contributed by atoms with van der Waals surface area (Å²) in [4.78, 5) is 0. The predicted molar refractivity (Wildman–Crippen MR) is 93.0 cm³/mol. The van der Waals surface area contributed by atoms with E-state index < -0.39 is 6.10 Å². The fourth-order valence-corrected chi connectivity index (χ4v) is 5.33.